The average molecular weight is 764 g/mol. The first-order chi connectivity index (χ1) is 25.5. The summed E-state index contributed by atoms with van der Waals surface area (Å²) in [5.74, 6) is -0.589. The number of unbranched alkanes of at least 4 members (excludes halogenated alkanes) is 1. The molecule has 1 N–H and O–H groups in total. The Kier molecular flexibility index (Phi) is 14.6. The molecular weight excluding hydrogens is 714 g/mol. The van der Waals surface area contributed by atoms with Gasteiger partial charge in [-0.15, -0.1) is 0 Å². The second-order valence-electron chi connectivity index (χ2n) is 14.2. The van der Waals surface area contributed by atoms with Gasteiger partial charge in [-0.2, -0.15) is 0 Å². The van der Waals surface area contributed by atoms with Crippen LogP contribution in [0.3, 0.4) is 0 Å². The molecule has 0 spiro atoms. The fourth-order valence-electron chi connectivity index (χ4n) is 7.43. The second kappa shape index (κ2) is 19.1. The summed E-state index contributed by atoms with van der Waals surface area (Å²) in [6.07, 6.45) is 10.2. The van der Waals surface area contributed by atoms with Crippen LogP contribution in [0.2, 0.25) is 10.0 Å². The normalized spacial score (nSPS) is 22.4. The van der Waals surface area contributed by atoms with Crippen LogP contribution in [0.15, 0.2) is 66.3 Å². The van der Waals surface area contributed by atoms with Crippen LogP contribution in [0, 0.1) is 23.6 Å². The van der Waals surface area contributed by atoms with Crippen molar-refractivity contribution in [2.75, 3.05) is 20.3 Å². The Morgan fingerprint density at radius 3 is 2.49 bits per heavy atom. The van der Waals surface area contributed by atoms with Gasteiger partial charge in [0.2, 0.25) is 0 Å². The highest BCUT2D eigenvalue weighted by molar-refractivity contribution is 6.39. The number of carbonyl (C=O) groups excluding carboxylic acids is 3. The molecular formula is C44H49Cl2FO6. The number of allylic oxidation sites excluding steroid dienone is 3. The molecule has 0 amide bonds. The first kappa shape index (κ1) is 40.6. The van der Waals surface area contributed by atoms with Crippen LogP contribution in [0.4, 0.5) is 4.39 Å². The van der Waals surface area contributed by atoms with Gasteiger partial charge in [-0.25, -0.2) is 4.39 Å². The van der Waals surface area contributed by atoms with Crippen LogP contribution in [0.25, 0.3) is 28.3 Å². The molecule has 0 saturated carbocycles. The van der Waals surface area contributed by atoms with Gasteiger partial charge in [0, 0.05) is 53.0 Å². The minimum atomic E-state index is -0.402. The SMILES string of the molecule is CCC1CCC(=O)/C(C(=O)/C=C/c2cccc(-c3cccc(-c4cc(F)c(CCCC[C@H]5COCC[C@@H]5O)c(OC)c4)c3Cl)c2Cl)=C\CCC(C)C1=O. The van der Waals surface area contributed by atoms with Crippen molar-refractivity contribution < 1.29 is 33.4 Å². The number of rotatable bonds is 12. The number of hydrogen-bond acceptors (Lipinski definition) is 6. The fourth-order valence-corrected chi connectivity index (χ4v) is 8.06. The van der Waals surface area contributed by atoms with E-state index in [-0.39, 0.29) is 53.2 Å². The summed E-state index contributed by atoms with van der Waals surface area (Å²) in [5, 5.41) is 11.0. The van der Waals surface area contributed by atoms with E-state index in [0.717, 1.165) is 19.3 Å². The van der Waals surface area contributed by atoms with Crippen LogP contribution >= 0.6 is 23.2 Å². The average Bonchev–Trinajstić information content (AvgIpc) is 3.15. The van der Waals surface area contributed by atoms with Crippen molar-refractivity contribution in [3.63, 3.8) is 0 Å². The van der Waals surface area contributed by atoms with Crippen molar-refractivity contribution in [3.05, 3.63) is 93.2 Å². The standard InChI is InChI=1S/C44H49Cl2FO6/c1-4-28-18-20-39(49)36(17-7-10-27(2)44(28)51)40(50)21-19-29-12-8-15-33(42(29)45)34-16-9-14-32(43(34)46)31-24-37(47)35(41(25-31)52-3)13-6-5-11-30-26-53-23-22-38(30)48/h8-9,12,14-17,19,21,24-25,27-28,30,38,48H,4-7,10-11,13,18,20,22-23,26H2,1-3H3/b21-19+,36-17+/t27?,28?,30-,38-/m0/s1. The van der Waals surface area contributed by atoms with Crippen LogP contribution in [-0.2, 0) is 25.5 Å². The van der Waals surface area contributed by atoms with Gasteiger partial charge in [0.05, 0.1) is 35.4 Å². The summed E-state index contributed by atoms with van der Waals surface area (Å²) in [7, 11) is 1.52. The molecule has 9 heteroatoms. The quantitative estimate of drug-likeness (QED) is 0.112. The van der Waals surface area contributed by atoms with Crippen molar-refractivity contribution in [2.45, 2.75) is 84.2 Å². The van der Waals surface area contributed by atoms with Gasteiger partial charge < -0.3 is 14.6 Å². The van der Waals surface area contributed by atoms with Crippen LogP contribution in [0.5, 0.6) is 5.75 Å². The second-order valence-corrected chi connectivity index (χ2v) is 15.0. The zero-order chi connectivity index (χ0) is 38.1. The summed E-state index contributed by atoms with van der Waals surface area (Å²) in [5.41, 5.74) is 3.63. The lowest BCUT2D eigenvalue weighted by atomic mass is 9.83. The Morgan fingerprint density at radius 1 is 1.02 bits per heavy atom. The van der Waals surface area contributed by atoms with Crippen molar-refractivity contribution in [2.24, 2.45) is 17.8 Å². The topological polar surface area (TPSA) is 89.9 Å². The summed E-state index contributed by atoms with van der Waals surface area (Å²) in [4.78, 5) is 39.2. The minimum Gasteiger partial charge on any atom is -0.496 e. The highest BCUT2D eigenvalue weighted by Crippen LogP contribution is 2.42. The van der Waals surface area contributed by atoms with Crippen molar-refractivity contribution >= 4 is 46.6 Å². The van der Waals surface area contributed by atoms with Gasteiger partial charge in [-0.3, -0.25) is 14.4 Å². The zero-order valence-corrected chi connectivity index (χ0v) is 32.3. The highest BCUT2D eigenvalue weighted by Gasteiger charge is 2.27. The summed E-state index contributed by atoms with van der Waals surface area (Å²) >= 11 is 14.0. The molecule has 6 nitrogen and oxygen atoms in total. The Labute approximate surface area is 322 Å². The number of methoxy groups -OCH3 is 1. The molecule has 5 rings (SSSR count). The lowest BCUT2D eigenvalue weighted by Crippen LogP contribution is -2.31. The molecule has 4 atom stereocenters. The van der Waals surface area contributed by atoms with E-state index in [1.165, 1.54) is 19.3 Å². The third-order valence-electron chi connectivity index (χ3n) is 10.7. The lowest BCUT2D eigenvalue weighted by Gasteiger charge is -2.27. The lowest BCUT2D eigenvalue weighted by molar-refractivity contribution is -0.127. The molecule has 3 aromatic rings. The smallest absolute Gasteiger partial charge is 0.189 e. The van der Waals surface area contributed by atoms with Crippen LogP contribution in [-0.4, -0.2) is 48.9 Å². The first-order valence-electron chi connectivity index (χ1n) is 18.7. The van der Waals surface area contributed by atoms with E-state index >= 15 is 4.39 Å². The summed E-state index contributed by atoms with van der Waals surface area (Å²) in [6, 6.07) is 14.2. The van der Waals surface area contributed by atoms with E-state index in [2.05, 4.69) is 0 Å². The Bertz CT molecular complexity index is 1870. The van der Waals surface area contributed by atoms with E-state index in [0.29, 0.717) is 101 Å². The largest absolute Gasteiger partial charge is 0.496 e. The number of carbonyl (C=O) groups is 3. The van der Waals surface area contributed by atoms with Gasteiger partial charge >= 0.3 is 0 Å². The molecule has 1 fully saturated rings. The molecule has 1 saturated heterocycles. The molecule has 0 radical (unpaired) electrons. The van der Waals surface area contributed by atoms with Crippen molar-refractivity contribution in [3.8, 4) is 28.0 Å². The van der Waals surface area contributed by atoms with E-state index in [4.69, 9.17) is 32.7 Å². The number of ketones is 3. The molecule has 1 aliphatic heterocycles. The van der Waals surface area contributed by atoms with Gasteiger partial charge in [0.1, 0.15) is 17.3 Å². The van der Waals surface area contributed by atoms with Crippen molar-refractivity contribution in [1.82, 2.24) is 0 Å². The Morgan fingerprint density at radius 2 is 1.75 bits per heavy atom. The number of halogens is 3. The predicted molar refractivity (Wildman–Crippen MR) is 210 cm³/mol. The third-order valence-corrected chi connectivity index (χ3v) is 11.5. The van der Waals surface area contributed by atoms with Crippen LogP contribution < -0.4 is 4.74 Å². The predicted octanol–water partition coefficient (Wildman–Crippen LogP) is 10.5. The molecule has 2 unspecified atom stereocenters. The Hall–Kier alpha value is -3.62. The molecule has 282 valence electrons. The molecule has 1 aliphatic carbocycles. The minimum absolute atomic E-state index is 0.112. The maximum Gasteiger partial charge on any atom is 0.189 e. The van der Waals surface area contributed by atoms with Gasteiger partial charge in [-0.05, 0) is 86.8 Å². The number of aliphatic hydroxyl groups excluding tert-OH is 1. The van der Waals surface area contributed by atoms with E-state index in [9.17, 15) is 19.5 Å². The van der Waals surface area contributed by atoms with Crippen molar-refractivity contribution in [1.29, 1.82) is 0 Å². The highest BCUT2D eigenvalue weighted by atomic mass is 35.5. The summed E-state index contributed by atoms with van der Waals surface area (Å²) < 4.78 is 26.8. The van der Waals surface area contributed by atoms with Crippen LogP contribution in [0.1, 0.15) is 82.8 Å². The molecule has 2 aliphatic rings. The molecule has 1 heterocycles. The van der Waals surface area contributed by atoms with E-state index in [1.54, 1.807) is 24.3 Å². The Balaban J connectivity index is 1.34. The monoisotopic (exact) mass is 762 g/mol. The van der Waals surface area contributed by atoms with E-state index in [1.807, 2.05) is 44.2 Å². The number of Topliss-reactive ketones (excluding diaryl/α,β-unsaturated/α-hetero) is 2. The van der Waals surface area contributed by atoms with Gasteiger partial charge in [-0.1, -0.05) is 85.9 Å². The van der Waals surface area contributed by atoms with Gasteiger partial charge in [0.15, 0.2) is 11.6 Å². The third kappa shape index (κ3) is 9.93. The molecule has 0 aromatic heterocycles. The van der Waals surface area contributed by atoms with Gasteiger partial charge in [0.25, 0.3) is 0 Å². The maximum atomic E-state index is 15.7. The summed E-state index contributed by atoms with van der Waals surface area (Å²) in [6.45, 7) is 5.02. The molecule has 3 aromatic carbocycles. The maximum absolute atomic E-state index is 15.7. The van der Waals surface area contributed by atoms with E-state index < -0.39 is 5.78 Å². The number of aliphatic hydroxyl groups is 1. The number of ether oxygens (including phenoxy) is 2. The zero-order valence-electron chi connectivity index (χ0n) is 30.8. The fraction of sp³-hybridized carbons (Fsp3) is 0.432. The molecule has 0 bridgehead atoms. The number of hydrogen-bond donors (Lipinski definition) is 1. The molecule has 53 heavy (non-hydrogen) atoms. The number of benzene rings is 3. The first-order valence-corrected chi connectivity index (χ1v) is 19.5.